The van der Waals surface area contributed by atoms with Crippen molar-refractivity contribution in [3.05, 3.63) is 59.7 Å². The molecule has 1 aromatic heterocycles. The number of aromatic amines is 1. The molecule has 0 unspecified atom stereocenters. The summed E-state index contributed by atoms with van der Waals surface area (Å²) in [4.78, 5) is 3.93. The van der Waals surface area contributed by atoms with Gasteiger partial charge in [-0.1, -0.05) is 41.5 Å². The van der Waals surface area contributed by atoms with Gasteiger partial charge in [0.05, 0.1) is 0 Å². The second kappa shape index (κ2) is 4.96. The van der Waals surface area contributed by atoms with Crippen molar-refractivity contribution in [3.8, 4) is 11.5 Å². The fourth-order valence-corrected chi connectivity index (χ4v) is 2.54. The summed E-state index contributed by atoms with van der Waals surface area (Å²) in [6, 6.07) is 14.9. The molecule has 3 aromatic rings. The molecule has 108 valence electrons. The van der Waals surface area contributed by atoms with Crippen LogP contribution in [0.15, 0.2) is 53.5 Å². The van der Waals surface area contributed by atoms with E-state index in [0.717, 1.165) is 11.1 Å². The first-order valence-corrected chi connectivity index (χ1v) is 6.67. The van der Waals surface area contributed by atoms with E-state index in [0.29, 0.717) is 11.5 Å². The Balaban J connectivity index is 1.88. The number of hydrogen-bond acceptors (Lipinski definition) is 6. The Hall–Kier alpha value is -3.22. The molecule has 22 heavy (non-hydrogen) atoms. The van der Waals surface area contributed by atoms with Crippen LogP contribution < -0.4 is 9.84 Å². The van der Waals surface area contributed by atoms with Crippen molar-refractivity contribution in [2.45, 2.75) is 5.92 Å². The van der Waals surface area contributed by atoms with E-state index >= 15 is 0 Å². The lowest BCUT2D eigenvalue weighted by molar-refractivity contribution is -0.219. The topological polar surface area (TPSA) is 99.1 Å². The van der Waals surface area contributed by atoms with Crippen LogP contribution in [0.2, 0.25) is 0 Å². The summed E-state index contributed by atoms with van der Waals surface area (Å²) in [5.74, 6) is 0.432. The smallest absolute Gasteiger partial charge is 0.288 e. The number of rotatable bonds is 2. The van der Waals surface area contributed by atoms with Gasteiger partial charge in [0.15, 0.2) is 0 Å². The molecular formula is C15H10N5O2-. The van der Waals surface area contributed by atoms with Gasteiger partial charge in [0, 0.05) is 17.0 Å². The predicted octanol–water partition coefficient (Wildman–Crippen LogP) is 1.53. The number of benzene rings is 2. The molecule has 2 aromatic carbocycles. The molecule has 0 bridgehead atoms. The number of aliphatic imine (C=N–C) groups is 1. The SMILES string of the molecule is [O-]C(=Nc1nn[nH]n1)C1c2ccccc2Oc2ccccc21. The molecule has 0 saturated heterocycles. The Morgan fingerprint density at radius 2 is 1.68 bits per heavy atom. The van der Waals surface area contributed by atoms with E-state index in [9.17, 15) is 5.11 Å². The molecule has 1 N–H and O–H groups in total. The number of tetrazole rings is 1. The minimum atomic E-state index is -0.542. The van der Waals surface area contributed by atoms with E-state index < -0.39 is 5.92 Å². The third-order valence-electron chi connectivity index (χ3n) is 3.47. The number of hydrogen-bond donors (Lipinski definition) is 1. The molecule has 1 aliphatic heterocycles. The number of H-pyrrole nitrogens is 1. The second-order valence-electron chi connectivity index (χ2n) is 4.77. The summed E-state index contributed by atoms with van der Waals surface area (Å²) >= 11 is 0. The van der Waals surface area contributed by atoms with Gasteiger partial charge in [0.1, 0.15) is 11.5 Å². The predicted molar refractivity (Wildman–Crippen MR) is 76.1 cm³/mol. The maximum atomic E-state index is 12.6. The summed E-state index contributed by atoms with van der Waals surface area (Å²) in [5.41, 5.74) is 1.55. The van der Waals surface area contributed by atoms with Crippen LogP contribution in [0.3, 0.4) is 0 Å². The van der Waals surface area contributed by atoms with Crippen LogP contribution in [0.1, 0.15) is 17.0 Å². The monoisotopic (exact) mass is 292 g/mol. The summed E-state index contributed by atoms with van der Waals surface area (Å²) in [7, 11) is 0. The van der Waals surface area contributed by atoms with Gasteiger partial charge in [0.25, 0.3) is 5.95 Å². The van der Waals surface area contributed by atoms with Gasteiger partial charge in [-0.25, -0.2) is 4.99 Å². The third kappa shape index (κ3) is 1.99. The van der Waals surface area contributed by atoms with E-state index in [1.807, 2.05) is 48.5 Å². The fourth-order valence-electron chi connectivity index (χ4n) is 2.54. The highest BCUT2D eigenvalue weighted by atomic mass is 16.5. The lowest BCUT2D eigenvalue weighted by Crippen LogP contribution is -2.29. The number of para-hydroxylation sites is 2. The molecule has 7 heteroatoms. The number of nitrogens with one attached hydrogen (secondary N) is 1. The van der Waals surface area contributed by atoms with Gasteiger partial charge in [-0.2, -0.15) is 5.21 Å². The zero-order valence-electron chi connectivity index (χ0n) is 11.3. The molecule has 0 radical (unpaired) electrons. The summed E-state index contributed by atoms with van der Waals surface area (Å²) < 4.78 is 5.85. The molecule has 0 amide bonds. The minimum Gasteiger partial charge on any atom is -0.861 e. The average molecular weight is 292 g/mol. The highest BCUT2D eigenvalue weighted by Crippen LogP contribution is 2.43. The minimum absolute atomic E-state index is 0.0199. The van der Waals surface area contributed by atoms with Crippen molar-refractivity contribution < 1.29 is 9.84 Å². The van der Waals surface area contributed by atoms with E-state index in [1.165, 1.54) is 0 Å². The van der Waals surface area contributed by atoms with Crippen LogP contribution in [-0.4, -0.2) is 26.5 Å². The van der Waals surface area contributed by atoms with Gasteiger partial charge in [0.2, 0.25) is 0 Å². The number of ether oxygens (including phenoxy) is 1. The van der Waals surface area contributed by atoms with E-state index in [1.54, 1.807) is 0 Å². The molecule has 0 fully saturated rings. The highest BCUT2D eigenvalue weighted by molar-refractivity contribution is 5.87. The Morgan fingerprint density at radius 3 is 2.27 bits per heavy atom. The van der Waals surface area contributed by atoms with Crippen LogP contribution >= 0.6 is 0 Å². The standard InChI is InChI=1S/C15H11N5O2/c21-14(16-15-17-19-20-18-15)13-9-5-1-3-7-11(9)22-12-8-4-2-6-10(12)13/h1-8,13H,(H2,16,17,18,19,20,21)/p-1. The van der Waals surface area contributed by atoms with Crippen LogP contribution in [0.5, 0.6) is 11.5 Å². The Kier molecular flexibility index (Phi) is 2.82. The van der Waals surface area contributed by atoms with Crippen molar-refractivity contribution >= 4 is 11.8 Å². The molecule has 0 aliphatic carbocycles. The molecule has 7 nitrogen and oxygen atoms in total. The zero-order valence-corrected chi connectivity index (χ0v) is 11.3. The summed E-state index contributed by atoms with van der Waals surface area (Å²) in [6.07, 6.45) is 0. The van der Waals surface area contributed by atoms with Gasteiger partial charge < -0.3 is 9.84 Å². The number of fused-ring (bicyclic) bond motifs is 2. The zero-order chi connectivity index (χ0) is 14.9. The van der Waals surface area contributed by atoms with Gasteiger partial charge in [-0.15, -0.1) is 5.10 Å². The molecule has 4 rings (SSSR count). The Bertz CT molecular complexity index is 799. The van der Waals surface area contributed by atoms with E-state index in [2.05, 4.69) is 25.6 Å². The quantitative estimate of drug-likeness (QED) is 0.570. The van der Waals surface area contributed by atoms with E-state index in [4.69, 9.17) is 4.74 Å². The molecule has 0 spiro atoms. The highest BCUT2D eigenvalue weighted by Gasteiger charge is 2.27. The largest absolute Gasteiger partial charge is 0.861 e. The normalized spacial score (nSPS) is 14.1. The fraction of sp³-hybridized carbons (Fsp3) is 0.0667. The number of nitrogens with zero attached hydrogens (tertiary/aromatic N) is 4. The Morgan fingerprint density at radius 1 is 1.05 bits per heavy atom. The van der Waals surface area contributed by atoms with Crippen LogP contribution in [-0.2, 0) is 0 Å². The molecule has 0 saturated carbocycles. The van der Waals surface area contributed by atoms with Crippen molar-refractivity contribution in [2.75, 3.05) is 0 Å². The average Bonchev–Trinajstić information content (AvgIpc) is 3.05. The maximum absolute atomic E-state index is 12.6. The van der Waals surface area contributed by atoms with Crippen LogP contribution in [0.4, 0.5) is 5.95 Å². The van der Waals surface area contributed by atoms with Gasteiger partial charge >= 0.3 is 0 Å². The molecule has 0 atom stereocenters. The molecule has 2 heterocycles. The Labute approximate surface area is 125 Å². The lowest BCUT2D eigenvalue weighted by atomic mass is 9.88. The van der Waals surface area contributed by atoms with Crippen LogP contribution in [0, 0.1) is 0 Å². The third-order valence-corrected chi connectivity index (χ3v) is 3.47. The molecule has 1 aliphatic rings. The van der Waals surface area contributed by atoms with Crippen LogP contribution in [0.25, 0.3) is 0 Å². The second-order valence-corrected chi connectivity index (χ2v) is 4.77. The molecular weight excluding hydrogens is 282 g/mol. The van der Waals surface area contributed by atoms with Crippen molar-refractivity contribution in [3.63, 3.8) is 0 Å². The number of aromatic nitrogens is 4. The van der Waals surface area contributed by atoms with Gasteiger partial charge in [-0.3, -0.25) is 0 Å². The van der Waals surface area contributed by atoms with Crippen molar-refractivity contribution in [1.82, 2.24) is 20.6 Å². The lowest BCUT2D eigenvalue weighted by Gasteiger charge is -2.31. The summed E-state index contributed by atoms with van der Waals surface area (Å²) in [5, 5.41) is 25.7. The first kappa shape index (κ1) is 12.5. The first-order valence-electron chi connectivity index (χ1n) is 6.67. The summed E-state index contributed by atoms with van der Waals surface area (Å²) in [6.45, 7) is 0. The first-order chi connectivity index (χ1) is 10.8. The van der Waals surface area contributed by atoms with Gasteiger partial charge in [-0.05, 0) is 23.2 Å². The van der Waals surface area contributed by atoms with E-state index in [-0.39, 0.29) is 11.8 Å². The maximum Gasteiger partial charge on any atom is 0.288 e. The van der Waals surface area contributed by atoms with Crippen molar-refractivity contribution in [2.24, 2.45) is 4.99 Å². The van der Waals surface area contributed by atoms with Crippen molar-refractivity contribution in [1.29, 1.82) is 0 Å².